The van der Waals surface area contributed by atoms with Crippen LogP contribution in [0.15, 0.2) is 162 Å². The van der Waals surface area contributed by atoms with E-state index in [0.717, 1.165) is 26.4 Å². The van der Waals surface area contributed by atoms with E-state index < -0.39 is 30.8 Å². The van der Waals surface area contributed by atoms with Crippen LogP contribution < -0.4 is 20.8 Å². The number of imide groups is 1. The highest BCUT2D eigenvalue weighted by molar-refractivity contribution is 7.96. The molecule has 9 heteroatoms. The Labute approximate surface area is 279 Å². The van der Waals surface area contributed by atoms with Crippen LogP contribution in [0.2, 0.25) is 0 Å². The van der Waals surface area contributed by atoms with E-state index in [2.05, 4.69) is 10.2 Å². The molecule has 0 radical (unpaired) electrons. The number of amidine groups is 1. The molecule has 48 heavy (non-hydrogen) atoms. The molecule has 0 bridgehead atoms. The molecule has 5 aromatic rings. The van der Waals surface area contributed by atoms with Crippen LogP contribution in [0.5, 0.6) is 0 Å². The first-order chi connectivity index (χ1) is 23.5. The number of para-hydroxylation sites is 1. The van der Waals surface area contributed by atoms with Crippen LogP contribution in [0.1, 0.15) is 12.5 Å². The van der Waals surface area contributed by atoms with Gasteiger partial charge in [-0.15, -0.1) is 5.10 Å². The molecule has 5 aromatic carbocycles. The van der Waals surface area contributed by atoms with Crippen molar-refractivity contribution in [3.05, 3.63) is 157 Å². The fourth-order valence-electron chi connectivity index (χ4n) is 6.05. The molecule has 6 rings (SSSR count). The summed E-state index contributed by atoms with van der Waals surface area (Å²) in [6.07, 6.45) is 1.57. The lowest BCUT2D eigenvalue weighted by Crippen LogP contribution is -2.50. The highest BCUT2D eigenvalue weighted by Gasteiger charge is 2.54. The van der Waals surface area contributed by atoms with Crippen molar-refractivity contribution >= 4 is 63.7 Å². The van der Waals surface area contributed by atoms with Gasteiger partial charge in [0.1, 0.15) is 5.84 Å². The Hall–Kier alpha value is -5.85. The molecule has 1 atom stereocenters. The lowest BCUT2D eigenvalue weighted by molar-refractivity contribution is -0.133. The lowest BCUT2D eigenvalue weighted by Gasteiger charge is -2.35. The maximum Gasteiger partial charge on any atom is 0.337 e. The topological polar surface area (TPSA) is 91.6 Å². The van der Waals surface area contributed by atoms with Crippen molar-refractivity contribution in [3.8, 4) is 0 Å². The number of methoxy groups -OCH3 is 1. The van der Waals surface area contributed by atoms with E-state index in [1.54, 1.807) is 43.5 Å². The number of urea groups is 1. The summed E-state index contributed by atoms with van der Waals surface area (Å²) in [6.45, 7) is -1.60. The number of rotatable bonds is 8. The smallest absolute Gasteiger partial charge is 0.337 e. The van der Waals surface area contributed by atoms with Crippen molar-refractivity contribution in [2.45, 2.75) is 13.0 Å². The van der Waals surface area contributed by atoms with Crippen LogP contribution in [-0.4, -0.2) is 53.3 Å². The zero-order chi connectivity index (χ0) is 33.5. The number of anilines is 1. The number of benzene rings is 5. The highest BCUT2D eigenvalue weighted by Crippen LogP contribution is 2.48. The number of hydrogen-bond donors (Lipinski definition) is 0. The minimum absolute atomic E-state index is 0.137. The van der Waals surface area contributed by atoms with Crippen LogP contribution in [0, 0.1) is 0 Å². The molecular formula is C39H33N4O4P. The minimum Gasteiger partial charge on any atom is -0.466 e. The average Bonchev–Trinajstić information content (AvgIpc) is 3.40. The highest BCUT2D eigenvalue weighted by atomic mass is 31.2. The van der Waals surface area contributed by atoms with Gasteiger partial charge in [0.25, 0.3) is 5.91 Å². The number of carbonyl (C=O) groups is 3. The van der Waals surface area contributed by atoms with Crippen molar-refractivity contribution in [1.82, 2.24) is 4.90 Å². The molecule has 0 aliphatic carbocycles. The molecule has 1 fully saturated rings. The van der Waals surface area contributed by atoms with Gasteiger partial charge in [0, 0.05) is 0 Å². The second-order valence-electron chi connectivity index (χ2n) is 10.9. The molecule has 1 aliphatic rings. The van der Waals surface area contributed by atoms with E-state index in [0.29, 0.717) is 5.69 Å². The van der Waals surface area contributed by atoms with E-state index in [-0.39, 0.29) is 11.1 Å². The first-order valence-electron chi connectivity index (χ1n) is 15.3. The lowest BCUT2D eigenvalue weighted by atomic mass is 10.1. The van der Waals surface area contributed by atoms with Gasteiger partial charge in [0.2, 0.25) is 0 Å². The first-order valence-corrected chi connectivity index (χ1v) is 17.1. The fourth-order valence-corrected chi connectivity index (χ4v) is 10.6. The van der Waals surface area contributed by atoms with Gasteiger partial charge in [0.05, 0.1) is 24.3 Å². The van der Waals surface area contributed by atoms with Gasteiger partial charge in [0.15, 0.2) is 6.04 Å². The van der Waals surface area contributed by atoms with Crippen LogP contribution in [0.4, 0.5) is 10.5 Å². The third-order valence-corrected chi connectivity index (χ3v) is 12.5. The molecule has 1 heterocycles. The third-order valence-electron chi connectivity index (χ3n) is 8.13. The van der Waals surface area contributed by atoms with Crippen molar-refractivity contribution in [2.75, 3.05) is 12.0 Å². The maximum atomic E-state index is 14.9. The van der Waals surface area contributed by atoms with E-state index >= 15 is 0 Å². The third kappa shape index (κ3) is 5.90. The Morgan fingerprint density at radius 2 is 1.12 bits per heavy atom. The summed E-state index contributed by atoms with van der Waals surface area (Å²) >= 11 is 0. The summed E-state index contributed by atoms with van der Waals surface area (Å²) in [4.78, 5) is 46.3. The number of nitrogens with zero attached hydrogens (tertiary/aromatic N) is 4. The van der Waals surface area contributed by atoms with Crippen molar-refractivity contribution in [3.63, 3.8) is 0 Å². The number of hydrogen-bond acceptors (Lipinski definition) is 6. The summed E-state index contributed by atoms with van der Waals surface area (Å²) < 4.78 is 5.56. The zero-order valence-electron chi connectivity index (χ0n) is 26.5. The maximum absolute atomic E-state index is 14.9. The zero-order valence-corrected chi connectivity index (χ0v) is 27.4. The predicted molar refractivity (Wildman–Crippen MR) is 194 cm³/mol. The van der Waals surface area contributed by atoms with Gasteiger partial charge >= 0.3 is 12.0 Å². The van der Waals surface area contributed by atoms with Gasteiger partial charge in [-0.25, -0.2) is 14.5 Å². The molecule has 0 aromatic heterocycles. The Balaban J connectivity index is 1.72. The second kappa shape index (κ2) is 14.3. The Kier molecular flexibility index (Phi) is 9.55. The molecule has 0 saturated carbocycles. The van der Waals surface area contributed by atoms with Gasteiger partial charge in [-0.2, -0.15) is 5.10 Å². The van der Waals surface area contributed by atoms with Crippen molar-refractivity contribution < 1.29 is 19.1 Å². The van der Waals surface area contributed by atoms with Crippen LogP contribution in [0.3, 0.4) is 0 Å². The van der Waals surface area contributed by atoms with Crippen LogP contribution in [0.25, 0.3) is 0 Å². The monoisotopic (exact) mass is 652 g/mol. The average molecular weight is 653 g/mol. The number of esters is 1. The Bertz CT molecular complexity index is 1930. The van der Waals surface area contributed by atoms with Gasteiger partial charge in [-0.1, -0.05) is 140 Å². The normalized spacial score (nSPS) is 15.2. The Morgan fingerprint density at radius 3 is 1.58 bits per heavy atom. The molecule has 0 N–H and O–H groups in total. The van der Waals surface area contributed by atoms with Gasteiger partial charge < -0.3 is 4.74 Å². The largest absolute Gasteiger partial charge is 0.466 e. The summed E-state index contributed by atoms with van der Waals surface area (Å²) in [6, 6.07) is 44.9. The van der Waals surface area contributed by atoms with Crippen molar-refractivity contribution in [2.24, 2.45) is 10.2 Å². The second-order valence-corrected chi connectivity index (χ2v) is 14.3. The predicted octanol–water partition coefficient (Wildman–Crippen LogP) is 5.62. The Morgan fingerprint density at radius 1 is 0.688 bits per heavy atom. The molecular weight excluding hydrogens is 619 g/mol. The van der Waals surface area contributed by atoms with Gasteiger partial charge in [-0.3, -0.25) is 9.69 Å². The quantitative estimate of drug-likeness (QED) is 0.0544. The standard InChI is InChI=1S/C39H33N4O4P/c1-29(41-40-28-30-18-8-3-9-19-30)42-35(37(44)43(39(42)46)31-20-10-4-11-21-31)36(38(45)47-2)48(32-22-12-5-13-23-32,33-24-14-6-15-25-33)34-26-16-7-17-27-34/h3-28,35H,1-2H3/b40-28+,41-29+. The molecule has 1 saturated heterocycles. The summed E-state index contributed by atoms with van der Waals surface area (Å²) in [7, 11) is 1.30. The molecule has 0 spiro atoms. The minimum atomic E-state index is -3.21. The first kappa shape index (κ1) is 32.1. The number of carbonyl (C=O) groups excluding carboxylic acids is 3. The SMILES string of the molecule is COC(=O)C(C1C(=O)N(c2ccccc2)C(=O)N1/C(C)=N/N=C/c1ccccc1)=P(c1ccccc1)(c1ccccc1)c1ccccc1. The van der Waals surface area contributed by atoms with E-state index in [1.807, 2.05) is 121 Å². The number of ether oxygens (including phenoxy) is 1. The number of amides is 3. The summed E-state index contributed by atoms with van der Waals surface area (Å²) in [5.41, 5.74) is 1.18. The summed E-state index contributed by atoms with van der Waals surface area (Å²) in [5, 5.41) is 11.3. The molecule has 8 nitrogen and oxygen atoms in total. The fraction of sp³-hybridized carbons (Fsp3) is 0.0769. The van der Waals surface area contributed by atoms with E-state index in [9.17, 15) is 14.4 Å². The van der Waals surface area contributed by atoms with Crippen LogP contribution >= 0.6 is 6.89 Å². The van der Waals surface area contributed by atoms with Crippen molar-refractivity contribution in [1.29, 1.82) is 0 Å². The molecule has 238 valence electrons. The molecule has 1 aliphatic heterocycles. The van der Waals surface area contributed by atoms with Crippen LogP contribution in [-0.2, 0) is 14.3 Å². The van der Waals surface area contributed by atoms with E-state index in [4.69, 9.17) is 4.74 Å². The molecule has 1 unspecified atom stereocenters. The summed E-state index contributed by atoms with van der Waals surface area (Å²) in [5.74, 6) is -1.16. The van der Waals surface area contributed by atoms with Gasteiger partial charge in [-0.05, 0) is 47.4 Å². The van der Waals surface area contributed by atoms with E-state index in [1.165, 1.54) is 12.0 Å². The molecule has 3 amide bonds.